The van der Waals surface area contributed by atoms with Crippen molar-refractivity contribution < 1.29 is 43.8 Å². The topological polar surface area (TPSA) is 129 Å². The second kappa shape index (κ2) is 7.50. The summed E-state index contributed by atoms with van der Waals surface area (Å²) in [7, 11) is 1.83. The van der Waals surface area contributed by atoms with Crippen LogP contribution >= 0.6 is 0 Å². The Bertz CT molecular complexity index is 542. The third-order valence-electron chi connectivity index (χ3n) is 2.62. The van der Waals surface area contributed by atoms with Crippen LogP contribution in [0, 0.1) is 0 Å². The van der Waals surface area contributed by atoms with Crippen LogP contribution in [0.3, 0.4) is 0 Å². The van der Waals surface area contributed by atoms with E-state index in [9.17, 15) is 19.5 Å². The minimum Gasteiger partial charge on any atom is -0.479 e. The minimum atomic E-state index is -2.92. The fourth-order valence-electron chi connectivity index (χ4n) is 1.58. The predicted octanol–water partition coefficient (Wildman–Crippen LogP) is 0.302. The Morgan fingerprint density at radius 2 is 1.68 bits per heavy atom. The first-order chi connectivity index (χ1) is 10.4. The third kappa shape index (κ3) is 3.58. The molecule has 2 N–H and O–H groups in total. The van der Waals surface area contributed by atoms with Gasteiger partial charge in [0.1, 0.15) is 0 Å². The van der Waals surface area contributed by atoms with E-state index in [1.807, 2.05) is 0 Å². The van der Waals surface area contributed by atoms with Crippen LogP contribution in [-0.2, 0) is 28.8 Å². The molecule has 1 rings (SSSR count). The lowest BCUT2D eigenvalue weighted by atomic mass is 10.1. The number of ether oxygens (including phenoxy) is 2. The molecule has 0 aliphatic carbocycles. The second-order valence-electron chi connectivity index (χ2n) is 3.91. The highest BCUT2D eigenvalue weighted by Gasteiger charge is 2.57. The van der Waals surface area contributed by atoms with E-state index < -0.39 is 29.8 Å². The van der Waals surface area contributed by atoms with E-state index in [-0.39, 0.29) is 5.56 Å². The zero-order valence-electron chi connectivity index (χ0n) is 11.7. The molecule has 9 nitrogen and oxygen atoms in total. The van der Waals surface area contributed by atoms with Gasteiger partial charge in [-0.25, -0.2) is 24.2 Å². The number of hydrogen-bond donors (Lipinski definition) is 2. The number of esters is 1. The molecule has 1 aromatic rings. The van der Waals surface area contributed by atoms with Gasteiger partial charge in [-0.05, 0) is 12.1 Å². The SMILES string of the molecule is COO[C@@H](C(=O)O)[C@@](OC)(OC(=O)c1ccccc1)C(=O)O. The van der Waals surface area contributed by atoms with E-state index in [4.69, 9.17) is 9.84 Å². The van der Waals surface area contributed by atoms with Gasteiger partial charge in [0, 0.05) is 7.11 Å². The van der Waals surface area contributed by atoms with Crippen LogP contribution in [0.15, 0.2) is 30.3 Å². The normalized spacial score (nSPS) is 14.6. The van der Waals surface area contributed by atoms with Crippen LogP contribution in [0.25, 0.3) is 0 Å². The van der Waals surface area contributed by atoms with Gasteiger partial charge in [0.05, 0.1) is 12.7 Å². The molecular formula is C13H14O9. The lowest BCUT2D eigenvalue weighted by Gasteiger charge is -2.30. The van der Waals surface area contributed by atoms with Crippen LogP contribution in [0.2, 0.25) is 0 Å². The van der Waals surface area contributed by atoms with E-state index in [0.717, 1.165) is 14.2 Å². The summed E-state index contributed by atoms with van der Waals surface area (Å²) < 4.78 is 9.40. The summed E-state index contributed by atoms with van der Waals surface area (Å²) in [6.07, 6.45) is -2.24. The van der Waals surface area contributed by atoms with Crippen molar-refractivity contribution in [1.29, 1.82) is 0 Å². The number of carboxylic acid groups (broad SMARTS) is 2. The van der Waals surface area contributed by atoms with Crippen molar-refractivity contribution in [2.75, 3.05) is 14.2 Å². The van der Waals surface area contributed by atoms with Gasteiger partial charge in [-0.2, -0.15) is 0 Å². The molecule has 2 atom stereocenters. The molecule has 0 amide bonds. The zero-order valence-corrected chi connectivity index (χ0v) is 11.7. The molecule has 9 heteroatoms. The molecule has 1 aromatic carbocycles. The first kappa shape index (κ1) is 17.6. The third-order valence-corrected chi connectivity index (χ3v) is 2.62. The maximum Gasteiger partial charge on any atom is 0.381 e. The number of carbonyl (C=O) groups excluding carboxylic acids is 1. The summed E-state index contributed by atoms with van der Waals surface area (Å²) in [6.45, 7) is 0. The van der Waals surface area contributed by atoms with Crippen molar-refractivity contribution in [3.8, 4) is 0 Å². The van der Waals surface area contributed by atoms with Gasteiger partial charge >= 0.3 is 23.7 Å². The van der Waals surface area contributed by atoms with Crippen molar-refractivity contribution in [2.45, 2.75) is 11.9 Å². The van der Waals surface area contributed by atoms with E-state index in [1.165, 1.54) is 24.3 Å². The Labute approximate surface area is 124 Å². The zero-order chi connectivity index (χ0) is 16.8. The fourth-order valence-corrected chi connectivity index (χ4v) is 1.58. The van der Waals surface area contributed by atoms with Crippen molar-refractivity contribution in [1.82, 2.24) is 0 Å². The van der Waals surface area contributed by atoms with Gasteiger partial charge in [0.2, 0.25) is 0 Å². The number of benzene rings is 1. The maximum absolute atomic E-state index is 12.0. The van der Waals surface area contributed by atoms with Crippen LogP contribution in [0.5, 0.6) is 0 Å². The van der Waals surface area contributed by atoms with Crippen LogP contribution in [-0.4, -0.2) is 54.2 Å². The standard InChI is InChI=1S/C13H14O9/c1-19-13(12(17)18,9(10(14)15)22-20-2)21-11(16)8-6-4-3-5-7-8/h3-7,9H,1-2H3,(H,14,15)(H,17,18)/t9-,13+/m0/s1. The average Bonchev–Trinajstić information content (AvgIpc) is 2.50. The summed E-state index contributed by atoms with van der Waals surface area (Å²) in [4.78, 5) is 43.2. The lowest BCUT2D eigenvalue weighted by molar-refractivity contribution is -0.357. The molecular weight excluding hydrogens is 300 g/mol. The van der Waals surface area contributed by atoms with Gasteiger partial charge < -0.3 is 19.7 Å². The van der Waals surface area contributed by atoms with E-state index in [2.05, 4.69) is 14.5 Å². The largest absolute Gasteiger partial charge is 0.479 e. The van der Waals surface area contributed by atoms with Crippen LogP contribution in [0.4, 0.5) is 0 Å². The Morgan fingerprint density at radius 3 is 2.09 bits per heavy atom. The molecule has 0 unspecified atom stereocenters. The number of carboxylic acids is 2. The number of aliphatic carboxylic acids is 2. The highest BCUT2D eigenvalue weighted by molar-refractivity contribution is 5.94. The van der Waals surface area contributed by atoms with Gasteiger partial charge in [0.15, 0.2) is 0 Å². The van der Waals surface area contributed by atoms with Crippen molar-refractivity contribution in [3.63, 3.8) is 0 Å². The van der Waals surface area contributed by atoms with Gasteiger partial charge in [-0.3, -0.25) is 0 Å². The van der Waals surface area contributed by atoms with Crippen molar-refractivity contribution in [3.05, 3.63) is 35.9 Å². The van der Waals surface area contributed by atoms with Gasteiger partial charge in [-0.15, -0.1) is 0 Å². The summed E-state index contributed by atoms with van der Waals surface area (Å²) >= 11 is 0. The summed E-state index contributed by atoms with van der Waals surface area (Å²) in [6, 6.07) is 7.39. The first-order valence-electron chi connectivity index (χ1n) is 5.88. The maximum atomic E-state index is 12.0. The quantitative estimate of drug-likeness (QED) is 0.301. The minimum absolute atomic E-state index is 0.00623. The smallest absolute Gasteiger partial charge is 0.381 e. The second-order valence-corrected chi connectivity index (χ2v) is 3.91. The molecule has 0 aliphatic heterocycles. The molecule has 0 aliphatic rings. The van der Waals surface area contributed by atoms with Gasteiger partial charge in [0.25, 0.3) is 6.10 Å². The van der Waals surface area contributed by atoms with E-state index in [0.29, 0.717) is 0 Å². The molecule has 22 heavy (non-hydrogen) atoms. The molecule has 0 saturated carbocycles. The number of hydrogen-bond acceptors (Lipinski definition) is 7. The molecule has 0 aromatic heterocycles. The van der Waals surface area contributed by atoms with Crippen LogP contribution in [0.1, 0.15) is 10.4 Å². The molecule has 0 bridgehead atoms. The molecule has 0 fully saturated rings. The molecule has 0 spiro atoms. The predicted molar refractivity (Wildman–Crippen MR) is 68.8 cm³/mol. The van der Waals surface area contributed by atoms with E-state index in [1.54, 1.807) is 6.07 Å². The number of rotatable bonds is 8. The Hall–Kier alpha value is -2.49. The summed E-state index contributed by atoms with van der Waals surface area (Å²) in [5, 5.41) is 18.3. The van der Waals surface area contributed by atoms with Gasteiger partial charge in [-0.1, -0.05) is 18.2 Å². The molecule has 0 heterocycles. The van der Waals surface area contributed by atoms with Crippen LogP contribution < -0.4 is 0 Å². The Balaban J connectivity index is 3.19. The highest BCUT2D eigenvalue weighted by atomic mass is 17.2. The van der Waals surface area contributed by atoms with E-state index >= 15 is 0 Å². The molecule has 120 valence electrons. The average molecular weight is 314 g/mol. The number of methoxy groups -OCH3 is 1. The van der Waals surface area contributed by atoms with Crippen molar-refractivity contribution in [2.24, 2.45) is 0 Å². The number of carbonyl (C=O) groups is 3. The Morgan fingerprint density at radius 1 is 1.09 bits per heavy atom. The fraction of sp³-hybridized carbons (Fsp3) is 0.308. The highest BCUT2D eigenvalue weighted by Crippen LogP contribution is 2.24. The summed E-state index contributed by atoms with van der Waals surface area (Å²) in [5.41, 5.74) is 0.00623. The molecule has 0 saturated heterocycles. The lowest BCUT2D eigenvalue weighted by Crippen LogP contribution is -2.58. The molecule has 0 radical (unpaired) electrons. The Kier molecular flexibility index (Phi) is 5.99. The summed E-state index contributed by atoms with van der Waals surface area (Å²) in [5.74, 6) is -7.65. The first-order valence-corrected chi connectivity index (χ1v) is 5.88. The van der Waals surface area contributed by atoms with Crippen molar-refractivity contribution >= 4 is 17.9 Å². The monoisotopic (exact) mass is 314 g/mol.